The summed E-state index contributed by atoms with van der Waals surface area (Å²) in [5.41, 5.74) is 3.46. The molecule has 0 saturated heterocycles. The molecule has 0 bridgehead atoms. The van der Waals surface area contributed by atoms with Crippen molar-refractivity contribution in [3.05, 3.63) is 34.6 Å². The van der Waals surface area contributed by atoms with Crippen LogP contribution in [-0.2, 0) is 0 Å². The lowest BCUT2D eigenvalue weighted by atomic mass is 9.86. The van der Waals surface area contributed by atoms with Gasteiger partial charge in [0.25, 0.3) is 0 Å². The van der Waals surface area contributed by atoms with Gasteiger partial charge in [-0.3, -0.25) is 0 Å². The first-order chi connectivity index (χ1) is 9.61. The van der Waals surface area contributed by atoms with Gasteiger partial charge in [-0.15, -0.1) is 0 Å². The average molecular weight is 277 g/mol. The summed E-state index contributed by atoms with van der Waals surface area (Å²) in [6.07, 6.45) is 9.45. The van der Waals surface area contributed by atoms with Gasteiger partial charge in [0.2, 0.25) is 0 Å². The molecule has 1 unspecified atom stereocenters. The zero-order valence-corrected chi connectivity index (χ0v) is 13.1. The number of benzene rings is 1. The Morgan fingerprint density at radius 1 is 1.10 bits per heavy atom. The fourth-order valence-corrected chi connectivity index (χ4v) is 3.78. The Kier molecular flexibility index (Phi) is 5.59. The largest absolute Gasteiger partial charge is 0.313 e. The fourth-order valence-electron chi connectivity index (χ4n) is 3.78. The van der Waals surface area contributed by atoms with E-state index in [-0.39, 0.29) is 5.82 Å². The molecule has 0 heterocycles. The Morgan fingerprint density at radius 3 is 2.15 bits per heavy atom. The van der Waals surface area contributed by atoms with Crippen molar-refractivity contribution < 1.29 is 4.39 Å². The van der Waals surface area contributed by atoms with Crippen molar-refractivity contribution in [2.45, 2.75) is 64.8 Å². The maximum atomic E-state index is 13.5. The third-order valence-corrected chi connectivity index (χ3v) is 4.80. The van der Waals surface area contributed by atoms with Gasteiger partial charge in [0, 0.05) is 6.04 Å². The minimum Gasteiger partial charge on any atom is -0.313 e. The predicted molar refractivity (Wildman–Crippen MR) is 83.5 cm³/mol. The first-order valence-electron chi connectivity index (χ1n) is 8.05. The van der Waals surface area contributed by atoms with Crippen molar-refractivity contribution in [2.24, 2.45) is 5.92 Å². The number of hydrogen-bond acceptors (Lipinski definition) is 1. The monoisotopic (exact) mass is 277 g/mol. The van der Waals surface area contributed by atoms with Crippen molar-refractivity contribution in [1.29, 1.82) is 0 Å². The van der Waals surface area contributed by atoms with Gasteiger partial charge in [0.05, 0.1) is 0 Å². The normalized spacial score (nSPS) is 18.8. The fraction of sp³-hybridized carbons (Fsp3) is 0.667. The number of nitrogens with one attached hydrogen (secondary N) is 1. The van der Waals surface area contributed by atoms with Gasteiger partial charge in [0.1, 0.15) is 5.82 Å². The highest BCUT2D eigenvalue weighted by Gasteiger charge is 2.21. The van der Waals surface area contributed by atoms with Gasteiger partial charge < -0.3 is 5.32 Å². The average Bonchev–Trinajstić information content (AvgIpc) is 2.65. The quantitative estimate of drug-likeness (QED) is 0.758. The SMILES string of the molecule is CNC(CC1CCCCCC1)c1c(C)cc(F)cc1C. The molecule has 0 spiro atoms. The van der Waals surface area contributed by atoms with Crippen molar-refractivity contribution in [1.82, 2.24) is 5.32 Å². The summed E-state index contributed by atoms with van der Waals surface area (Å²) in [7, 11) is 2.03. The standard InChI is InChI=1S/C18H28FN/c1-13-10-16(19)11-14(2)18(13)17(20-3)12-15-8-6-4-5-7-9-15/h10-11,15,17,20H,4-9,12H2,1-3H3. The van der Waals surface area contributed by atoms with E-state index in [1.165, 1.54) is 50.5 Å². The Bertz CT molecular complexity index is 410. The molecular formula is C18H28FN. The maximum absolute atomic E-state index is 13.5. The minimum atomic E-state index is -0.118. The third-order valence-electron chi connectivity index (χ3n) is 4.80. The number of aryl methyl sites for hydroxylation is 2. The number of halogens is 1. The molecule has 0 aromatic heterocycles. The highest BCUT2D eigenvalue weighted by atomic mass is 19.1. The van der Waals surface area contributed by atoms with Gasteiger partial charge in [-0.25, -0.2) is 4.39 Å². The molecule has 0 aliphatic heterocycles. The summed E-state index contributed by atoms with van der Waals surface area (Å²) in [5, 5.41) is 3.46. The van der Waals surface area contributed by atoms with Gasteiger partial charge in [0.15, 0.2) is 0 Å². The molecule has 1 saturated carbocycles. The van der Waals surface area contributed by atoms with E-state index < -0.39 is 0 Å². The van der Waals surface area contributed by atoms with E-state index in [9.17, 15) is 4.39 Å². The molecule has 1 aliphatic rings. The Hall–Kier alpha value is -0.890. The van der Waals surface area contributed by atoms with Crippen molar-refractivity contribution in [3.63, 3.8) is 0 Å². The number of rotatable bonds is 4. The first-order valence-corrected chi connectivity index (χ1v) is 8.05. The topological polar surface area (TPSA) is 12.0 Å². The summed E-state index contributed by atoms with van der Waals surface area (Å²) in [6, 6.07) is 3.69. The van der Waals surface area contributed by atoms with E-state index in [1.807, 2.05) is 20.9 Å². The Balaban J connectivity index is 2.15. The van der Waals surface area contributed by atoms with Crippen LogP contribution in [0.3, 0.4) is 0 Å². The first kappa shape index (κ1) is 15.5. The molecule has 1 N–H and O–H groups in total. The van der Waals surface area contributed by atoms with Crippen LogP contribution in [0.5, 0.6) is 0 Å². The van der Waals surface area contributed by atoms with Crippen LogP contribution < -0.4 is 5.32 Å². The molecule has 0 radical (unpaired) electrons. The van der Waals surface area contributed by atoms with Gasteiger partial charge in [-0.2, -0.15) is 0 Å². The van der Waals surface area contributed by atoms with Crippen LogP contribution in [0, 0.1) is 25.6 Å². The second-order valence-corrected chi connectivity index (χ2v) is 6.39. The predicted octanol–water partition coefficient (Wildman–Crippen LogP) is 5.06. The van der Waals surface area contributed by atoms with E-state index in [4.69, 9.17) is 0 Å². The van der Waals surface area contributed by atoms with Crippen LogP contribution in [0.1, 0.15) is 67.7 Å². The Labute approximate surface area is 123 Å². The van der Waals surface area contributed by atoms with Crippen LogP contribution in [-0.4, -0.2) is 7.05 Å². The van der Waals surface area contributed by atoms with Crippen LogP contribution >= 0.6 is 0 Å². The zero-order chi connectivity index (χ0) is 14.5. The summed E-state index contributed by atoms with van der Waals surface area (Å²) in [6.45, 7) is 4.06. The van der Waals surface area contributed by atoms with E-state index in [0.717, 1.165) is 17.0 Å². The second kappa shape index (κ2) is 7.21. The highest BCUT2D eigenvalue weighted by molar-refractivity contribution is 5.36. The van der Waals surface area contributed by atoms with E-state index in [0.29, 0.717) is 6.04 Å². The lowest BCUT2D eigenvalue weighted by Gasteiger charge is -2.25. The van der Waals surface area contributed by atoms with Crippen molar-refractivity contribution in [3.8, 4) is 0 Å². The highest BCUT2D eigenvalue weighted by Crippen LogP contribution is 2.33. The van der Waals surface area contributed by atoms with E-state index in [1.54, 1.807) is 12.1 Å². The maximum Gasteiger partial charge on any atom is 0.123 e. The molecule has 20 heavy (non-hydrogen) atoms. The molecule has 1 aromatic carbocycles. The van der Waals surface area contributed by atoms with E-state index >= 15 is 0 Å². The second-order valence-electron chi connectivity index (χ2n) is 6.39. The van der Waals surface area contributed by atoms with Crippen LogP contribution in [0.15, 0.2) is 12.1 Å². The molecule has 112 valence electrons. The van der Waals surface area contributed by atoms with Crippen LogP contribution in [0.2, 0.25) is 0 Å². The molecule has 1 fully saturated rings. The van der Waals surface area contributed by atoms with Crippen LogP contribution in [0.25, 0.3) is 0 Å². The van der Waals surface area contributed by atoms with Crippen molar-refractivity contribution in [2.75, 3.05) is 7.05 Å². The molecule has 1 aromatic rings. The summed E-state index contributed by atoms with van der Waals surface area (Å²) < 4.78 is 13.5. The molecule has 1 atom stereocenters. The Morgan fingerprint density at radius 2 is 1.65 bits per heavy atom. The van der Waals surface area contributed by atoms with E-state index in [2.05, 4.69) is 5.32 Å². The van der Waals surface area contributed by atoms with Crippen molar-refractivity contribution >= 4 is 0 Å². The van der Waals surface area contributed by atoms with Crippen LogP contribution in [0.4, 0.5) is 4.39 Å². The summed E-state index contributed by atoms with van der Waals surface area (Å²) >= 11 is 0. The summed E-state index contributed by atoms with van der Waals surface area (Å²) in [5.74, 6) is 0.701. The lowest BCUT2D eigenvalue weighted by Crippen LogP contribution is -2.22. The third kappa shape index (κ3) is 3.82. The molecule has 0 amide bonds. The lowest BCUT2D eigenvalue weighted by molar-refractivity contribution is 0.366. The van der Waals surface area contributed by atoms with Gasteiger partial charge in [-0.1, -0.05) is 38.5 Å². The smallest absolute Gasteiger partial charge is 0.123 e. The molecular weight excluding hydrogens is 249 g/mol. The van der Waals surface area contributed by atoms with Gasteiger partial charge >= 0.3 is 0 Å². The summed E-state index contributed by atoms with van der Waals surface area (Å²) in [4.78, 5) is 0. The zero-order valence-electron chi connectivity index (χ0n) is 13.1. The minimum absolute atomic E-state index is 0.118. The number of hydrogen-bond donors (Lipinski definition) is 1. The molecule has 2 heteroatoms. The van der Waals surface area contributed by atoms with Gasteiger partial charge in [-0.05, 0) is 62.1 Å². The molecule has 2 rings (SSSR count). The molecule has 1 aliphatic carbocycles. The molecule has 1 nitrogen and oxygen atoms in total.